The predicted molar refractivity (Wildman–Crippen MR) is 69.6 cm³/mol. The number of hydrogen-bond acceptors (Lipinski definition) is 1. The van der Waals surface area contributed by atoms with Crippen LogP contribution in [-0.4, -0.2) is 0 Å². The smallest absolute Gasteiger partial charge is 0.0998 e. The Labute approximate surface area is 106 Å². The van der Waals surface area contributed by atoms with Crippen LogP contribution >= 0.6 is 23.2 Å². The summed E-state index contributed by atoms with van der Waals surface area (Å²) in [5, 5.41) is 10.3. The maximum atomic E-state index is 9.21. The lowest BCUT2D eigenvalue weighted by Crippen LogP contribution is -1.90. The van der Waals surface area contributed by atoms with E-state index >= 15 is 0 Å². The van der Waals surface area contributed by atoms with Crippen LogP contribution in [0.1, 0.15) is 32.3 Å². The van der Waals surface area contributed by atoms with Gasteiger partial charge >= 0.3 is 0 Å². The lowest BCUT2D eigenvalue weighted by Gasteiger charge is -2.08. The Hall–Kier alpha value is -0.970. The van der Waals surface area contributed by atoms with Crippen LogP contribution in [0.3, 0.4) is 0 Å². The molecule has 0 spiro atoms. The van der Waals surface area contributed by atoms with E-state index in [2.05, 4.69) is 6.07 Å². The van der Waals surface area contributed by atoms with E-state index < -0.39 is 0 Å². The van der Waals surface area contributed by atoms with E-state index in [1.54, 1.807) is 18.2 Å². The molecular formula is C13H13Cl2N. The van der Waals surface area contributed by atoms with Crippen LogP contribution in [0.5, 0.6) is 0 Å². The molecule has 1 nitrogen and oxygen atoms in total. The first-order chi connectivity index (χ1) is 7.63. The molecule has 0 amide bonds. The molecule has 1 aromatic rings. The zero-order valence-corrected chi connectivity index (χ0v) is 10.9. The van der Waals surface area contributed by atoms with Gasteiger partial charge in [0.25, 0.3) is 0 Å². The minimum atomic E-state index is 0.531. The van der Waals surface area contributed by atoms with Gasteiger partial charge in [0.05, 0.1) is 16.7 Å². The Balaban J connectivity index is 3.36. The van der Waals surface area contributed by atoms with Gasteiger partial charge in [-0.15, -0.1) is 0 Å². The number of benzene rings is 1. The number of hydrogen-bond donors (Lipinski definition) is 0. The van der Waals surface area contributed by atoms with Crippen molar-refractivity contribution in [2.75, 3.05) is 0 Å². The van der Waals surface area contributed by atoms with Gasteiger partial charge in [-0.1, -0.05) is 48.7 Å². The van der Waals surface area contributed by atoms with Crippen molar-refractivity contribution in [3.63, 3.8) is 0 Å². The van der Waals surface area contributed by atoms with Gasteiger partial charge in [-0.2, -0.15) is 5.26 Å². The molecule has 3 heteroatoms. The van der Waals surface area contributed by atoms with E-state index in [4.69, 9.17) is 23.2 Å². The summed E-state index contributed by atoms with van der Waals surface area (Å²) < 4.78 is 0. The normalized spacial score (nSPS) is 9.69. The van der Waals surface area contributed by atoms with Crippen molar-refractivity contribution < 1.29 is 0 Å². The SMILES string of the molecule is CCC(CC)=C(C#N)c1ccc(Cl)cc1Cl. The van der Waals surface area contributed by atoms with E-state index in [9.17, 15) is 5.26 Å². The fraction of sp³-hybridized carbons (Fsp3) is 0.308. The topological polar surface area (TPSA) is 23.8 Å². The molecule has 0 radical (unpaired) electrons. The number of nitrogens with zero attached hydrogens (tertiary/aromatic N) is 1. The van der Waals surface area contributed by atoms with Crippen LogP contribution in [0.2, 0.25) is 10.0 Å². The highest BCUT2D eigenvalue weighted by Gasteiger charge is 2.10. The summed E-state index contributed by atoms with van der Waals surface area (Å²) in [6.45, 7) is 4.08. The lowest BCUT2D eigenvalue weighted by atomic mass is 9.97. The first-order valence-corrected chi connectivity index (χ1v) is 5.97. The van der Waals surface area contributed by atoms with E-state index in [0.717, 1.165) is 24.0 Å². The van der Waals surface area contributed by atoms with Crippen LogP contribution in [0.25, 0.3) is 5.57 Å². The van der Waals surface area contributed by atoms with Crippen LogP contribution < -0.4 is 0 Å². The number of allylic oxidation sites excluding steroid dienone is 2. The van der Waals surface area contributed by atoms with Gasteiger partial charge in [0.1, 0.15) is 0 Å². The maximum absolute atomic E-state index is 9.21. The minimum Gasteiger partial charge on any atom is -0.192 e. The Morgan fingerprint density at radius 2 is 1.88 bits per heavy atom. The van der Waals surface area contributed by atoms with Crippen LogP contribution in [0.15, 0.2) is 23.8 Å². The molecule has 0 saturated heterocycles. The molecule has 0 aromatic heterocycles. The van der Waals surface area contributed by atoms with Gasteiger partial charge in [-0.05, 0) is 25.0 Å². The minimum absolute atomic E-state index is 0.531. The molecule has 0 saturated carbocycles. The third kappa shape index (κ3) is 2.78. The van der Waals surface area contributed by atoms with Gasteiger partial charge < -0.3 is 0 Å². The van der Waals surface area contributed by atoms with Gasteiger partial charge in [0, 0.05) is 10.6 Å². The lowest BCUT2D eigenvalue weighted by molar-refractivity contribution is 0.984. The van der Waals surface area contributed by atoms with E-state index in [-0.39, 0.29) is 0 Å². The first kappa shape index (κ1) is 13.1. The summed E-state index contributed by atoms with van der Waals surface area (Å²) in [5.74, 6) is 0. The Morgan fingerprint density at radius 1 is 1.25 bits per heavy atom. The van der Waals surface area contributed by atoms with E-state index in [1.807, 2.05) is 13.8 Å². The Morgan fingerprint density at radius 3 is 2.31 bits per heavy atom. The third-order valence-electron chi connectivity index (χ3n) is 2.52. The first-order valence-electron chi connectivity index (χ1n) is 5.21. The van der Waals surface area contributed by atoms with Crippen molar-refractivity contribution in [1.29, 1.82) is 5.26 Å². The van der Waals surface area contributed by atoms with Gasteiger partial charge in [-0.25, -0.2) is 0 Å². The molecule has 0 unspecified atom stereocenters. The predicted octanol–water partition coefficient (Wildman–Crippen LogP) is 5.09. The molecule has 0 fully saturated rings. The molecule has 1 aromatic carbocycles. The summed E-state index contributed by atoms with van der Waals surface area (Å²) in [4.78, 5) is 0. The highest BCUT2D eigenvalue weighted by Crippen LogP contribution is 2.30. The zero-order valence-electron chi connectivity index (χ0n) is 9.35. The molecule has 0 aliphatic rings. The number of halogens is 2. The van der Waals surface area contributed by atoms with Crippen molar-refractivity contribution in [1.82, 2.24) is 0 Å². The monoisotopic (exact) mass is 253 g/mol. The Kier molecular flexibility index (Phi) is 4.86. The Bertz CT molecular complexity index is 449. The molecule has 1 rings (SSSR count). The summed E-state index contributed by atoms with van der Waals surface area (Å²) in [7, 11) is 0. The molecule has 0 aliphatic carbocycles. The molecule has 0 heterocycles. The van der Waals surface area contributed by atoms with E-state index in [1.165, 1.54) is 0 Å². The second-order valence-electron chi connectivity index (χ2n) is 3.42. The highest BCUT2D eigenvalue weighted by molar-refractivity contribution is 6.35. The zero-order chi connectivity index (χ0) is 12.1. The molecule has 0 atom stereocenters. The fourth-order valence-corrected chi connectivity index (χ4v) is 2.13. The third-order valence-corrected chi connectivity index (χ3v) is 3.07. The number of nitriles is 1. The second-order valence-corrected chi connectivity index (χ2v) is 4.27. The fourth-order valence-electron chi connectivity index (χ4n) is 1.63. The molecule has 0 aliphatic heterocycles. The molecule has 0 N–H and O–H groups in total. The summed E-state index contributed by atoms with van der Waals surface area (Å²) >= 11 is 11.9. The van der Waals surface area contributed by atoms with Gasteiger partial charge in [-0.3, -0.25) is 0 Å². The molecular weight excluding hydrogens is 241 g/mol. The largest absolute Gasteiger partial charge is 0.192 e. The summed E-state index contributed by atoms with van der Waals surface area (Å²) in [5.41, 5.74) is 2.56. The van der Waals surface area contributed by atoms with Crippen LogP contribution in [-0.2, 0) is 0 Å². The number of rotatable bonds is 3. The van der Waals surface area contributed by atoms with Crippen molar-refractivity contribution >= 4 is 28.8 Å². The molecule has 16 heavy (non-hydrogen) atoms. The van der Waals surface area contributed by atoms with Crippen molar-refractivity contribution in [2.24, 2.45) is 0 Å². The van der Waals surface area contributed by atoms with Crippen molar-refractivity contribution in [3.8, 4) is 6.07 Å². The maximum Gasteiger partial charge on any atom is 0.0998 e. The summed E-state index contributed by atoms with van der Waals surface area (Å²) in [6, 6.07) is 7.45. The van der Waals surface area contributed by atoms with E-state index in [0.29, 0.717) is 15.6 Å². The average Bonchev–Trinajstić information content (AvgIpc) is 2.27. The van der Waals surface area contributed by atoms with Crippen molar-refractivity contribution in [2.45, 2.75) is 26.7 Å². The van der Waals surface area contributed by atoms with Gasteiger partial charge in [0.2, 0.25) is 0 Å². The van der Waals surface area contributed by atoms with Crippen LogP contribution in [0, 0.1) is 11.3 Å². The molecule has 0 bridgehead atoms. The molecule has 84 valence electrons. The second kappa shape index (κ2) is 5.94. The van der Waals surface area contributed by atoms with Crippen LogP contribution in [0.4, 0.5) is 0 Å². The quantitative estimate of drug-likeness (QED) is 0.689. The standard InChI is InChI=1S/C13H13Cl2N/c1-3-9(4-2)12(8-16)11-6-5-10(14)7-13(11)15/h5-7H,3-4H2,1-2H3. The highest BCUT2D eigenvalue weighted by atomic mass is 35.5. The average molecular weight is 254 g/mol. The van der Waals surface area contributed by atoms with Crippen molar-refractivity contribution in [3.05, 3.63) is 39.4 Å². The van der Waals surface area contributed by atoms with Gasteiger partial charge in [0.15, 0.2) is 0 Å². The summed E-state index contributed by atoms with van der Waals surface area (Å²) in [6.07, 6.45) is 1.72.